The number of carboxylic acids is 1. The third-order valence-electron chi connectivity index (χ3n) is 8.06. The molecule has 0 unspecified atom stereocenters. The molecule has 3 aromatic rings. The summed E-state index contributed by atoms with van der Waals surface area (Å²) in [4.78, 5) is 45.6. The molecule has 0 spiro atoms. The fourth-order valence-corrected chi connectivity index (χ4v) is 5.09. The van der Waals surface area contributed by atoms with Crippen molar-refractivity contribution in [3.63, 3.8) is 0 Å². The molecular formula is C39H55N7O8. The highest BCUT2D eigenvalue weighted by molar-refractivity contribution is 6.48. The Kier molecular flexibility index (Phi) is 21.6. The average molecular weight is 750 g/mol. The van der Waals surface area contributed by atoms with Gasteiger partial charge in [-0.25, -0.2) is 0 Å². The second-order valence-corrected chi connectivity index (χ2v) is 12.2. The molecule has 3 aromatic carbocycles. The van der Waals surface area contributed by atoms with Gasteiger partial charge in [-0.05, 0) is 65.9 Å². The molecule has 1 aliphatic heterocycles. The van der Waals surface area contributed by atoms with Crippen molar-refractivity contribution in [2.24, 2.45) is 0 Å². The molecule has 0 bridgehead atoms. The number of nitrogens with one attached hydrogen (secondary N) is 4. The van der Waals surface area contributed by atoms with Crippen molar-refractivity contribution in [3.8, 4) is 5.75 Å². The predicted molar refractivity (Wildman–Crippen MR) is 211 cm³/mol. The highest BCUT2D eigenvalue weighted by Crippen LogP contribution is 2.27. The van der Waals surface area contributed by atoms with E-state index >= 15 is 0 Å². The SMILES string of the molecule is CCC(=O)O.CCNC(=O)C(=N)N(C(=N)c1cc(C(C)C)ccc1O)c1ccc(CN2CCN(Cc3ccc(NC)cc3)CC2)cc1.COC=O.O=CO. The van der Waals surface area contributed by atoms with Gasteiger partial charge in [0.05, 0.1) is 12.7 Å². The van der Waals surface area contributed by atoms with E-state index in [1.165, 1.54) is 17.6 Å². The van der Waals surface area contributed by atoms with Gasteiger partial charge < -0.3 is 30.7 Å². The lowest BCUT2D eigenvalue weighted by Crippen LogP contribution is -2.46. The van der Waals surface area contributed by atoms with Gasteiger partial charge in [0.1, 0.15) is 11.6 Å². The zero-order valence-electron chi connectivity index (χ0n) is 32.0. The summed E-state index contributed by atoms with van der Waals surface area (Å²) in [7, 11) is 3.24. The van der Waals surface area contributed by atoms with Gasteiger partial charge in [0.2, 0.25) is 0 Å². The summed E-state index contributed by atoms with van der Waals surface area (Å²) in [5.41, 5.74) is 5.30. The number of methoxy groups -OCH3 is 1. The lowest BCUT2D eigenvalue weighted by Gasteiger charge is -2.35. The van der Waals surface area contributed by atoms with Gasteiger partial charge in [-0.3, -0.25) is 44.7 Å². The van der Waals surface area contributed by atoms with Crippen molar-refractivity contribution >= 4 is 47.9 Å². The van der Waals surface area contributed by atoms with E-state index in [0.29, 0.717) is 18.7 Å². The lowest BCUT2D eigenvalue weighted by atomic mass is 9.99. The van der Waals surface area contributed by atoms with E-state index in [2.05, 4.69) is 49.4 Å². The number of amides is 1. The van der Waals surface area contributed by atoms with E-state index < -0.39 is 11.9 Å². The van der Waals surface area contributed by atoms with E-state index in [0.717, 1.165) is 56.1 Å². The number of piperazine rings is 1. The number of carboxylic acid groups (broad SMARTS) is 2. The standard InChI is InChI=1S/C33H43N7O2.C3H6O2.C2H4O2.CH2O2/c1-5-37-33(42)32(35)40(31(34)29-20-26(23(2)3)10-15-30(29)41)28-13-8-25(9-14-28)22-39-18-16-38(17-19-39)21-24-6-11-27(36-4)12-7-24;1-2-3(4)5;1-4-2-3;2-1-3/h6-15,20,23,34-36,41H,5,16-19,21-22H2,1-4H3,(H,37,42);2H2,1H3,(H,4,5);2H,1H3;1H,(H,2,3). The first kappa shape index (κ1) is 46.2. The number of aliphatic carboxylic acids is 1. The van der Waals surface area contributed by atoms with Gasteiger partial charge in [0, 0.05) is 70.7 Å². The van der Waals surface area contributed by atoms with Crippen LogP contribution in [0.25, 0.3) is 0 Å². The first-order chi connectivity index (χ1) is 25.8. The summed E-state index contributed by atoms with van der Waals surface area (Å²) >= 11 is 0. The van der Waals surface area contributed by atoms with Gasteiger partial charge in [-0.1, -0.05) is 51.1 Å². The van der Waals surface area contributed by atoms with Crippen LogP contribution in [0, 0.1) is 10.8 Å². The Morgan fingerprint density at radius 1 is 0.907 bits per heavy atom. The van der Waals surface area contributed by atoms with Crippen LogP contribution in [0.3, 0.4) is 0 Å². The number of hydrogen-bond donors (Lipinski definition) is 7. The zero-order valence-corrected chi connectivity index (χ0v) is 32.0. The van der Waals surface area contributed by atoms with Gasteiger partial charge in [-0.15, -0.1) is 0 Å². The highest BCUT2D eigenvalue weighted by Gasteiger charge is 2.26. The van der Waals surface area contributed by atoms with Gasteiger partial charge in [0.25, 0.3) is 18.9 Å². The van der Waals surface area contributed by atoms with E-state index in [-0.39, 0.29) is 41.8 Å². The van der Waals surface area contributed by atoms with Crippen molar-refractivity contribution in [1.82, 2.24) is 15.1 Å². The second kappa shape index (κ2) is 25.2. The maximum atomic E-state index is 12.7. The molecule has 0 saturated carbocycles. The second-order valence-electron chi connectivity index (χ2n) is 12.2. The van der Waals surface area contributed by atoms with Gasteiger partial charge in [0.15, 0.2) is 5.84 Å². The molecule has 0 atom stereocenters. The summed E-state index contributed by atoms with van der Waals surface area (Å²) in [5.74, 6) is -1.70. The van der Waals surface area contributed by atoms with Crippen molar-refractivity contribution in [2.45, 2.75) is 53.1 Å². The fourth-order valence-electron chi connectivity index (χ4n) is 5.09. The maximum Gasteiger partial charge on any atom is 0.303 e. The molecule has 294 valence electrons. The number of benzene rings is 3. The largest absolute Gasteiger partial charge is 0.507 e. The van der Waals surface area contributed by atoms with Gasteiger partial charge in [-0.2, -0.15) is 0 Å². The topological polar surface area (TPSA) is 220 Å². The number of nitrogens with zero attached hydrogens (tertiary/aromatic N) is 3. The third-order valence-corrected chi connectivity index (χ3v) is 8.06. The van der Waals surface area contributed by atoms with Crippen molar-refractivity contribution in [1.29, 1.82) is 10.8 Å². The van der Waals surface area contributed by atoms with Crippen LogP contribution in [-0.4, -0.2) is 108 Å². The van der Waals surface area contributed by atoms with Crippen LogP contribution in [-0.2, 0) is 37.0 Å². The number of likely N-dealkylation sites (N-methyl/N-ethyl adjacent to an activating group) is 1. The number of phenols is 1. The van der Waals surface area contributed by atoms with Crippen LogP contribution >= 0.6 is 0 Å². The number of phenolic OH excluding ortho intramolecular Hbond substituents is 1. The average Bonchev–Trinajstić information content (AvgIpc) is 3.17. The Hall–Kier alpha value is -5.80. The van der Waals surface area contributed by atoms with Crippen LogP contribution in [0.1, 0.15) is 62.3 Å². The fraction of sp³-hybridized carbons (Fsp3) is 0.385. The quantitative estimate of drug-likeness (QED) is 0.0800. The minimum Gasteiger partial charge on any atom is -0.507 e. The van der Waals surface area contributed by atoms with Gasteiger partial charge >= 0.3 is 5.97 Å². The van der Waals surface area contributed by atoms with Crippen molar-refractivity contribution in [3.05, 3.63) is 89.0 Å². The van der Waals surface area contributed by atoms with E-state index in [1.54, 1.807) is 26.0 Å². The van der Waals surface area contributed by atoms with Crippen LogP contribution in [0.15, 0.2) is 66.7 Å². The summed E-state index contributed by atoms with van der Waals surface area (Å²) < 4.78 is 3.86. The van der Waals surface area contributed by atoms with Crippen molar-refractivity contribution < 1.29 is 39.2 Å². The Morgan fingerprint density at radius 2 is 1.37 bits per heavy atom. The normalized spacial score (nSPS) is 12.2. The third kappa shape index (κ3) is 15.8. The molecule has 1 aliphatic rings. The molecule has 1 saturated heterocycles. The Bertz CT molecular complexity index is 1620. The van der Waals surface area contributed by atoms with Crippen molar-refractivity contribution in [2.75, 3.05) is 57.1 Å². The van der Waals surface area contributed by atoms with E-state index in [4.69, 9.17) is 30.6 Å². The molecule has 54 heavy (non-hydrogen) atoms. The molecular weight excluding hydrogens is 694 g/mol. The number of aromatic hydroxyl groups is 1. The molecule has 4 rings (SSSR count). The van der Waals surface area contributed by atoms with Crippen LogP contribution in [0.2, 0.25) is 0 Å². The summed E-state index contributed by atoms with van der Waals surface area (Å²) in [6, 6.07) is 21.4. The minimum absolute atomic E-state index is 0.0659. The number of rotatable bonds is 11. The number of anilines is 2. The van der Waals surface area contributed by atoms with Crippen LogP contribution in [0.5, 0.6) is 5.75 Å². The number of hydrogen-bond acceptors (Lipinski definition) is 11. The molecule has 0 radical (unpaired) electrons. The number of carbonyl (C=O) groups is 4. The van der Waals surface area contributed by atoms with Crippen LogP contribution in [0.4, 0.5) is 11.4 Å². The summed E-state index contributed by atoms with van der Waals surface area (Å²) in [5, 5.41) is 48.6. The number of carbonyl (C=O) groups excluding carboxylic acids is 2. The molecule has 15 heteroatoms. The Labute approximate surface area is 317 Å². The van der Waals surface area contributed by atoms with E-state index in [9.17, 15) is 14.7 Å². The monoisotopic (exact) mass is 749 g/mol. The minimum atomic E-state index is -0.745. The summed E-state index contributed by atoms with van der Waals surface area (Å²) in [6.45, 7) is 13.6. The highest BCUT2D eigenvalue weighted by atomic mass is 16.5. The molecule has 0 aliphatic carbocycles. The number of ether oxygens (including phenoxy) is 1. The number of amidine groups is 2. The predicted octanol–water partition coefficient (Wildman–Crippen LogP) is 4.79. The summed E-state index contributed by atoms with van der Waals surface area (Å²) in [6.07, 6.45) is 0.222. The first-order valence-electron chi connectivity index (χ1n) is 17.4. The van der Waals surface area contributed by atoms with E-state index in [1.807, 2.05) is 51.2 Å². The molecule has 1 amide bonds. The molecule has 7 N–H and O–H groups in total. The zero-order chi connectivity index (χ0) is 40.6. The lowest BCUT2D eigenvalue weighted by molar-refractivity contribution is -0.136. The molecule has 15 nitrogen and oxygen atoms in total. The smallest absolute Gasteiger partial charge is 0.303 e. The Balaban J connectivity index is 0.00000106. The maximum absolute atomic E-state index is 12.7. The first-order valence-corrected chi connectivity index (χ1v) is 17.4. The Morgan fingerprint density at radius 3 is 1.76 bits per heavy atom. The molecule has 1 heterocycles. The van der Waals surface area contributed by atoms with Crippen LogP contribution < -0.4 is 15.5 Å². The molecule has 0 aromatic heterocycles. The molecule has 1 fully saturated rings.